The molecule has 35 heavy (non-hydrogen) atoms. The first kappa shape index (κ1) is 24.5. The van der Waals surface area contributed by atoms with E-state index in [1.807, 2.05) is 6.92 Å². The van der Waals surface area contributed by atoms with Crippen LogP contribution in [0.15, 0.2) is 42.9 Å². The van der Waals surface area contributed by atoms with E-state index in [0.717, 1.165) is 0 Å². The number of benzene rings is 1. The van der Waals surface area contributed by atoms with Crippen molar-refractivity contribution in [3.8, 4) is 17.1 Å². The zero-order valence-electron chi connectivity index (χ0n) is 19.2. The average molecular weight is 501 g/mol. The van der Waals surface area contributed by atoms with Crippen LogP contribution in [0.25, 0.3) is 11.3 Å². The van der Waals surface area contributed by atoms with Crippen LogP contribution in [0, 0.1) is 5.82 Å². The second-order valence-corrected chi connectivity index (χ2v) is 10.0. The molecule has 0 aliphatic heterocycles. The summed E-state index contributed by atoms with van der Waals surface area (Å²) in [5.41, 5.74) is 1.64. The molecular formula is C23H25FN6O4S. The highest BCUT2D eigenvalue weighted by Gasteiger charge is 2.36. The van der Waals surface area contributed by atoms with Crippen LogP contribution in [0.4, 0.5) is 10.3 Å². The molecule has 0 saturated heterocycles. The fourth-order valence-electron chi connectivity index (χ4n) is 3.28. The Bertz CT molecular complexity index is 1330. The number of nitrogens with one attached hydrogen (secondary N) is 2. The van der Waals surface area contributed by atoms with Crippen molar-refractivity contribution >= 4 is 21.9 Å². The number of anilines is 1. The van der Waals surface area contributed by atoms with Gasteiger partial charge in [0.1, 0.15) is 5.82 Å². The highest BCUT2D eigenvalue weighted by atomic mass is 32.2. The van der Waals surface area contributed by atoms with Crippen molar-refractivity contribution in [1.29, 1.82) is 0 Å². The molecule has 1 aliphatic carbocycles. The highest BCUT2D eigenvalue weighted by Crippen LogP contribution is 2.29. The molecular weight excluding hydrogens is 475 g/mol. The van der Waals surface area contributed by atoms with E-state index in [4.69, 9.17) is 4.74 Å². The fourth-order valence-corrected chi connectivity index (χ4v) is 4.55. The van der Waals surface area contributed by atoms with Gasteiger partial charge in [-0.1, -0.05) is 12.1 Å². The molecule has 0 spiro atoms. The van der Waals surface area contributed by atoms with Gasteiger partial charge < -0.3 is 10.1 Å². The topological polar surface area (TPSA) is 136 Å². The number of carbonyl (C=O) groups is 1. The van der Waals surface area contributed by atoms with Crippen molar-refractivity contribution in [3.63, 3.8) is 0 Å². The fraction of sp³-hybridized carbons (Fsp3) is 0.348. The first-order valence-electron chi connectivity index (χ1n) is 11.1. The SMILES string of the molecule is CCOc1cncc(-c2ccc(CNC(=O)C(C)c3ccnc(NS(=O)(=O)C4CC4)n3)c(F)c2)n1. The van der Waals surface area contributed by atoms with Crippen molar-refractivity contribution in [2.45, 2.75) is 44.4 Å². The van der Waals surface area contributed by atoms with Gasteiger partial charge in [0.25, 0.3) is 0 Å². The van der Waals surface area contributed by atoms with Gasteiger partial charge in [-0.2, -0.15) is 0 Å². The summed E-state index contributed by atoms with van der Waals surface area (Å²) in [6.45, 7) is 3.86. The first-order chi connectivity index (χ1) is 16.8. The number of amides is 1. The smallest absolute Gasteiger partial charge is 0.237 e. The molecule has 184 valence electrons. The summed E-state index contributed by atoms with van der Waals surface area (Å²) < 4.78 is 46.6. The monoisotopic (exact) mass is 500 g/mol. The van der Waals surface area contributed by atoms with E-state index in [-0.39, 0.29) is 12.5 Å². The van der Waals surface area contributed by atoms with Gasteiger partial charge in [0.15, 0.2) is 0 Å². The zero-order valence-corrected chi connectivity index (χ0v) is 20.0. The predicted molar refractivity (Wildman–Crippen MR) is 126 cm³/mol. The summed E-state index contributed by atoms with van der Waals surface area (Å²) in [5, 5.41) is 2.27. The number of halogens is 1. The minimum atomic E-state index is -3.52. The maximum Gasteiger partial charge on any atom is 0.237 e. The van der Waals surface area contributed by atoms with Gasteiger partial charge in [-0.3, -0.25) is 14.5 Å². The van der Waals surface area contributed by atoms with Crippen molar-refractivity contribution in [2.24, 2.45) is 0 Å². The Labute approximate surface area is 202 Å². The standard InChI is InChI=1S/C23H25FN6O4S/c1-3-34-21-13-25-12-20(28-21)15-4-5-16(18(24)10-15)11-27-22(31)14(2)19-8-9-26-23(29-19)30-35(32,33)17-6-7-17/h4-5,8-10,12-14,17H,3,6-7,11H2,1-2H3,(H,27,31)(H,26,29,30). The van der Waals surface area contributed by atoms with Gasteiger partial charge >= 0.3 is 0 Å². The summed E-state index contributed by atoms with van der Waals surface area (Å²) in [6.07, 6.45) is 5.61. The summed E-state index contributed by atoms with van der Waals surface area (Å²) in [4.78, 5) is 29.1. The van der Waals surface area contributed by atoms with Crippen molar-refractivity contribution in [1.82, 2.24) is 25.3 Å². The predicted octanol–water partition coefficient (Wildman–Crippen LogP) is 2.80. The van der Waals surface area contributed by atoms with Gasteiger partial charge in [0.2, 0.25) is 27.8 Å². The van der Waals surface area contributed by atoms with E-state index in [2.05, 4.69) is 30.0 Å². The highest BCUT2D eigenvalue weighted by molar-refractivity contribution is 7.93. The largest absolute Gasteiger partial charge is 0.477 e. The lowest BCUT2D eigenvalue weighted by Gasteiger charge is -2.14. The van der Waals surface area contributed by atoms with Crippen LogP contribution >= 0.6 is 0 Å². The molecule has 1 amide bonds. The summed E-state index contributed by atoms with van der Waals surface area (Å²) in [6, 6.07) is 6.12. The Morgan fingerprint density at radius 1 is 1.23 bits per heavy atom. The molecule has 10 nitrogen and oxygen atoms in total. The van der Waals surface area contributed by atoms with Crippen molar-refractivity contribution < 1.29 is 22.3 Å². The van der Waals surface area contributed by atoms with E-state index >= 15 is 0 Å². The van der Waals surface area contributed by atoms with E-state index in [9.17, 15) is 17.6 Å². The Morgan fingerprint density at radius 3 is 2.74 bits per heavy atom. The number of rotatable bonds is 10. The lowest BCUT2D eigenvalue weighted by Crippen LogP contribution is -2.28. The number of sulfonamides is 1. The molecule has 2 N–H and O–H groups in total. The Hall–Kier alpha value is -3.67. The molecule has 2 aromatic heterocycles. The molecule has 0 radical (unpaired) electrons. The maximum absolute atomic E-state index is 14.7. The first-order valence-corrected chi connectivity index (χ1v) is 12.7. The lowest BCUT2D eigenvalue weighted by atomic mass is 10.1. The molecule has 0 bridgehead atoms. The van der Waals surface area contributed by atoms with Crippen LogP contribution in [0.5, 0.6) is 5.88 Å². The summed E-state index contributed by atoms with van der Waals surface area (Å²) in [7, 11) is -3.52. The number of carbonyl (C=O) groups excluding carboxylic acids is 1. The van der Waals surface area contributed by atoms with Gasteiger partial charge in [-0.15, -0.1) is 0 Å². The van der Waals surface area contributed by atoms with Crippen molar-refractivity contribution in [2.75, 3.05) is 11.3 Å². The molecule has 3 aromatic rings. The van der Waals surface area contributed by atoms with Gasteiger partial charge in [-0.25, -0.2) is 27.8 Å². The molecule has 2 heterocycles. The van der Waals surface area contributed by atoms with E-state index < -0.39 is 32.9 Å². The number of hydrogen-bond donors (Lipinski definition) is 2. The van der Waals surface area contributed by atoms with Gasteiger partial charge in [-0.05, 0) is 38.8 Å². The van der Waals surface area contributed by atoms with E-state index in [0.29, 0.717) is 47.8 Å². The minimum Gasteiger partial charge on any atom is -0.477 e. The molecule has 12 heteroatoms. The summed E-state index contributed by atoms with van der Waals surface area (Å²) in [5.74, 6) is -1.33. The number of hydrogen-bond acceptors (Lipinski definition) is 8. The number of aromatic nitrogens is 4. The molecule has 1 fully saturated rings. The van der Waals surface area contributed by atoms with Crippen LogP contribution in [0.1, 0.15) is 43.9 Å². The average Bonchev–Trinajstić information content (AvgIpc) is 3.69. The number of nitrogens with zero attached hydrogens (tertiary/aromatic N) is 4. The maximum atomic E-state index is 14.7. The van der Waals surface area contributed by atoms with E-state index in [1.165, 1.54) is 30.7 Å². The van der Waals surface area contributed by atoms with Crippen LogP contribution in [-0.2, 0) is 21.4 Å². The number of ether oxygens (including phenoxy) is 1. The molecule has 1 saturated carbocycles. The van der Waals surface area contributed by atoms with Crippen LogP contribution in [0.3, 0.4) is 0 Å². The van der Waals surface area contributed by atoms with Gasteiger partial charge in [0, 0.05) is 23.9 Å². The van der Waals surface area contributed by atoms with Gasteiger partial charge in [0.05, 0.1) is 41.6 Å². The Kier molecular flexibility index (Phi) is 7.20. The quantitative estimate of drug-likeness (QED) is 0.434. The molecule has 4 rings (SSSR count). The van der Waals surface area contributed by atoms with Crippen molar-refractivity contribution in [3.05, 3.63) is 59.9 Å². The second-order valence-electron chi connectivity index (χ2n) is 8.07. The molecule has 1 atom stereocenters. The third-order valence-corrected chi connectivity index (χ3v) is 7.23. The van der Waals surface area contributed by atoms with Crippen LogP contribution in [0.2, 0.25) is 0 Å². The van der Waals surface area contributed by atoms with E-state index in [1.54, 1.807) is 19.1 Å². The molecule has 1 aromatic carbocycles. The third kappa shape index (κ3) is 6.07. The Balaban J connectivity index is 1.39. The van der Waals surface area contributed by atoms with Crippen LogP contribution in [-0.4, -0.2) is 46.1 Å². The normalized spacial score (nSPS) is 14.3. The summed E-state index contributed by atoms with van der Waals surface area (Å²) >= 11 is 0. The molecule has 1 unspecified atom stereocenters. The second kappa shape index (κ2) is 10.3. The Morgan fingerprint density at radius 2 is 2.03 bits per heavy atom. The lowest BCUT2D eigenvalue weighted by molar-refractivity contribution is -0.122. The molecule has 1 aliphatic rings. The minimum absolute atomic E-state index is 0.0355. The van der Waals surface area contributed by atoms with Crippen LogP contribution < -0.4 is 14.8 Å². The zero-order chi connectivity index (χ0) is 25.0. The third-order valence-electron chi connectivity index (χ3n) is 5.42.